The quantitative estimate of drug-likeness (QED) is 0.725. The van der Waals surface area contributed by atoms with Gasteiger partial charge in [-0.3, -0.25) is 0 Å². The Morgan fingerprint density at radius 3 is 2.71 bits per heavy atom. The first kappa shape index (κ1) is 17.5. The van der Waals surface area contributed by atoms with Gasteiger partial charge < -0.3 is 4.74 Å². The predicted molar refractivity (Wildman–Crippen MR) is 113 cm³/mol. The molecule has 2 aliphatic carbocycles. The summed E-state index contributed by atoms with van der Waals surface area (Å²) in [5, 5.41) is 6.77. The Morgan fingerprint density at radius 1 is 1.07 bits per heavy atom. The lowest BCUT2D eigenvalue weighted by Crippen LogP contribution is -2.28. The van der Waals surface area contributed by atoms with Gasteiger partial charge in [-0.1, -0.05) is 18.2 Å². The molecule has 1 unspecified atom stereocenters. The summed E-state index contributed by atoms with van der Waals surface area (Å²) in [5.41, 5.74) is 6.98. The predicted octanol–water partition coefficient (Wildman–Crippen LogP) is 5.35. The lowest BCUT2D eigenvalue weighted by molar-refractivity contribution is 0.410. The number of rotatable bonds is 4. The van der Waals surface area contributed by atoms with Crippen molar-refractivity contribution in [2.24, 2.45) is 5.10 Å². The van der Waals surface area contributed by atoms with Crippen molar-refractivity contribution in [2.45, 2.75) is 50.9 Å². The zero-order valence-corrected chi connectivity index (χ0v) is 16.7. The molecule has 0 radical (unpaired) electrons. The van der Waals surface area contributed by atoms with Crippen molar-refractivity contribution in [1.82, 2.24) is 4.98 Å². The molecule has 0 spiro atoms. The van der Waals surface area contributed by atoms with Crippen LogP contribution in [0, 0.1) is 6.92 Å². The minimum absolute atomic E-state index is 0.544. The first-order valence-electron chi connectivity index (χ1n) is 10.3. The molecule has 1 fully saturated rings. The van der Waals surface area contributed by atoms with Crippen molar-refractivity contribution in [1.29, 1.82) is 0 Å². The van der Waals surface area contributed by atoms with Crippen LogP contribution in [0.25, 0.3) is 0 Å². The van der Waals surface area contributed by atoms with E-state index in [0.29, 0.717) is 5.92 Å². The van der Waals surface area contributed by atoms with Gasteiger partial charge in [0, 0.05) is 6.20 Å². The van der Waals surface area contributed by atoms with Crippen LogP contribution >= 0.6 is 0 Å². The Hall–Kier alpha value is -2.62. The van der Waals surface area contributed by atoms with Gasteiger partial charge in [0.2, 0.25) is 0 Å². The summed E-state index contributed by atoms with van der Waals surface area (Å²) in [4.78, 5) is 4.67. The van der Waals surface area contributed by atoms with E-state index in [9.17, 15) is 0 Å². The second-order valence-corrected chi connectivity index (χ2v) is 8.27. The van der Waals surface area contributed by atoms with Crippen LogP contribution in [0.3, 0.4) is 0 Å². The van der Waals surface area contributed by atoms with E-state index in [0.717, 1.165) is 36.9 Å². The SMILES string of the molecule is COc1cccc(C2CCC3=C(C=NN(c4ccc(C5CC5)cn4)C3)C2)c1C. The first-order chi connectivity index (χ1) is 13.7. The summed E-state index contributed by atoms with van der Waals surface area (Å²) in [6, 6.07) is 10.8. The molecule has 1 saturated carbocycles. The van der Waals surface area contributed by atoms with Crippen LogP contribution in [0.5, 0.6) is 5.75 Å². The monoisotopic (exact) mass is 373 g/mol. The number of aromatic nitrogens is 1. The molecule has 0 saturated heterocycles. The van der Waals surface area contributed by atoms with Crippen molar-refractivity contribution in [3.63, 3.8) is 0 Å². The van der Waals surface area contributed by atoms with Crippen LogP contribution in [0.15, 0.2) is 52.8 Å². The van der Waals surface area contributed by atoms with Gasteiger partial charge >= 0.3 is 0 Å². The molecule has 2 aromatic rings. The topological polar surface area (TPSA) is 37.7 Å². The summed E-state index contributed by atoms with van der Waals surface area (Å²) >= 11 is 0. The van der Waals surface area contributed by atoms with Crippen molar-refractivity contribution >= 4 is 12.0 Å². The minimum atomic E-state index is 0.544. The zero-order valence-electron chi connectivity index (χ0n) is 16.7. The highest BCUT2D eigenvalue weighted by Crippen LogP contribution is 2.41. The van der Waals surface area contributed by atoms with Gasteiger partial charge in [-0.05, 0) is 90.8 Å². The number of allylic oxidation sites excluding steroid dienone is 1. The third kappa shape index (κ3) is 3.21. The second-order valence-electron chi connectivity index (χ2n) is 8.27. The number of anilines is 1. The number of pyridine rings is 1. The normalized spacial score (nSPS) is 21.6. The molecule has 4 heteroatoms. The molecule has 1 aliphatic heterocycles. The average Bonchev–Trinajstić information content (AvgIpc) is 3.59. The van der Waals surface area contributed by atoms with Gasteiger partial charge in [0.05, 0.1) is 19.9 Å². The van der Waals surface area contributed by atoms with E-state index in [1.807, 2.05) is 17.3 Å². The average molecular weight is 374 g/mol. The van der Waals surface area contributed by atoms with Crippen molar-refractivity contribution < 1.29 is 4.74 Å². The largest absolute Gasteiger partial charge is 0.496 e. The Labute approximate surface area is 166 Å². The van der Waals surface area contributed by atoms with E-state index in [4.69, 9.17) is 9.84 Å². The summed E-state index contributed by atoms with van der Waals surface area (Å²) < 4.78 is 5.52. The van der Waals surface area contributed by atoms with Gasteiger partial charge in [-0.15, -0.1) is 0 Å². The molecule has 28 heavy (non-hydrogen) atoms. The van der Waals surface area contributed by atoms with Crippen LogP contribution in [-0.2, 0) is 0 Å². The van der Waals surface area contributed by atoms with Crippen LogP contribution in [0.1, 0.15) is 60.6 Å². The first-order valence-corrected chi connectivity index (χ1v) is 10.3. The molecule has 0 amide bonds. The second kappa shape index (κ2) is 7.08. The van der Waals surface area contributed by atoms with Gasteiger partial charge in [-0.25, -0.2) is 9.99 Å². The Bertz CT molecular complexity index is 941. The van der Waals surface area contributed by atoms with Crippen LogP contribution < -0.4 is 9.75 Å². The Balaban J connectivity index is 1.31. The van der Waals surface area contributed by atoms with Crippen LogP contribution in [-0.4, -0.2) is 24.9 Å². The lowest BCUT2D eigenvalue weighted by atomic mass is 9.78. The van der Waals surface area contributed by atoms with E-state index in [1.54, 1.807) is 7.11 Å². The number of ether oxygens (including phenoxy) is 1. The fourth-order valence-electron chi connectivity index (χ4n) is 4.62. The Kier molecular flexibility index (Phi) is 4.42. The highest BCUT2D eigenvalue weighted by Gasteiger charge is 2.28. The molecule has 5 rings (SSSR count). The molecular formula is C24H27N3O. The number of hydrogen-bond donors (Lipinski definition) is 0. The van der Waals surface area contributed by atoms with Gasteiger partial charge in [-0.2, -0.15) is 5.10 Å². The van der Waals surface area contributed by atoms with E-state index in [2.05, 4.69) is 42.4 Å². The molecule has 1 aromatic carbocycles. The smallest absolute Gasteiger partial charge is 0.149 e. The number of hydrogen-bond acceptors (Lipinski definition) is 4. The molecular weight excluding hydrogens is 346 g/mol. The maximum Gasteiger partial charge on any atom is 0.149 e. The molecule has 144 valence electrons. The van der Waals surface area contributed by atoms with Crippen molar-refractivity contribution in [2.75, 3.05) is 18.7 Å². The third-order valence-corrected chi connectivity index (χ3v) is 6.48. The molecule has 2 heterocycles. The Morgan fingerprint density at radius 2 is 1.96 bits per heavy atom. The summed E-state index contributed by atoms with van der Waals surface area (Å²) in [6.07, 6.45) is 10.1. The number of benzene rings is 1. The molecule has 1 atom stereocenters. The van der Waals surface area contributed by atoms with Crippen molar-refractivity contribution in [3.05, 3.63) is 64.4 Å². The zero-order chi connectivity index (χ0) is 19.1. The summed E-state index contributed by atoms with van der Waals surface area (Å²) in [5.74, 6) is 3.23. The summed E-state index contributed by atoms with van der Waals surface area (Å²) in [6.45, 7) is 3.04. The maximum atomic E-state index is 5.52. The van der Waals surface area contributed by atoms with Gasteiger partial charge in [0.25, 0.3) is 0 Å². The highest BCUT2D eigenvalue weighted by atomic mass is 16.5. The molecule has 4 nitrogen and oxygen atoms in total. The molecule has 3 aliphatic rings. The fourth-order valence-corrected chi connectivity index (χ4v) is 4.62. The molecule has 0 bridgehead atoms. The minimum Gasteiger partial charge on any atom is -0.496 e. The standard InChI is InChI=1S/C24H27N3O/c1-16-22(4-3-5-23(16)28-2)18-8-9-20-15-27(26-14-21(20)12-18)24-11-10-19(13-25-24)17-6-7-17/h3-5,10-11,13-14,17-18H,6-9,12,15H2,1-2H3. The molecule has 1 aromatic heterocycles. The molecule has 0 N–H and O–H groups in total. The fraction of sp³-hybridized carbons (Fsp3) is 0.417. The number of methoxy groups -OCH3 is 1. The summed E-state index contributed by atoms with van der Waals surface area (Å²) in [7, 11) is 1.75. The maximum absolute atomic E-state index is 5.52. The lowest BCUT2D eigenvalue weighted by Gasteiger charge is -2.32. The number of hydrazone groups is 1. The van der Waals surface area contributed by atoms with Crippen molar-refractivity contribution in [3.8, 4) is 5.75 Å². The van der Waals surface area contributed by atoms with Gasteiger partial charge in [0.15, 0.2) is 0 Å². The van der Waals surface area contributed by atoms with Crippen LogP contribution in [0.4, 0.5) is 5.82 Å². The van der Waals surface area contributed by atoms with E-state index in [-0.39, 0.29) is 0 Å². The third-order valence-electron chi connectivity index (χ3n) is 6.48. The highest BCUT2D eigenvalue weighted by molar-refractivity contribution is 5.83. The van der Waals surface area contributed by atoms with E-state index < -0.39 is 0 Å². The number of nitrogens with zero attached hydrogens (tertiary/aromatic N) is 3. The van der Waals surface area contributed by atoms with Gasteiger partial charge in [0.1, 0.15) is 11.6 Å². The van der Waals surface area contributed by atoms with E-state index in [1.165, 1.54) is 47.1 Å². The van der Waals surface area contributed by atoms with Crippen LogP contribution in [0.2, 0.25) is 0 Å². The van der Waals surface area contributed by atoms with E-state index >= 15 is 0 Å².